The molecule has 0 spiro atoms. The van der Waals surface area contributed by atoms with Gasteiger partial charge < -0.3 is 5.32 Å². The lowest BCUT2D eigenvalue weighted by Crippen LogP contribution is -2.44. The van der Waals surface area contributed by atoms with Crippen molar-refractivity contribution in [1.29, 1.82) is 0 Å². The maximum absolute atomic E-state index is 12.9. The molecule has 8 heteroatoms. The van der Waals surface area contributed by atoms with Crippen molar-refractivity contribution in [2.45, 2.75) is 18.4 Å². The van der Waals surface area contributed by atoms with Crippen LogP contribution in [0.4, 0.5) is 26.3 Å². The van der Waals surface area contributed by atoms with Crippen LogP contribution in [0.1, 0.15) is 22.7 Å². The minimum atomic E-state index is -4.84. The van der Waals surface area contributed by atoms with E-state index >= 15 is 0 Å². The van der Waals surface area contributed by atoms with Crippen molar-refractivity contribution in [3.63, 3.8) is 0 Å². The van der Waals surface area contributed by atoms with E-state index in [9.17, 15) is 26.3 Å². The fourth-order valence-electron chi connectivity index (χ4n) is 2.61. The van der Waals surface area contributed by atoms with Gasteiger partial charge in [0.05, 0.1) is 17.2 Å². The summed E-state index contributed by atoms with van der Waals surface area (Å²) in [5, 5.41) is 3.08. The number of hydrogen-bond acceptors (Lipinski definition) is 2. The molecule has 1 aliphatic rings. The first-order valence-electron chi connectivity index (χ1n) is 6.99. The van der Waals surface area contributed by atoms with Gasteiger partial charge in [0.2, 0.25) is 0 Å². The monoisotopic (exact) mass is 338 g/mol. The lowest BCUT2D eigenvalue weighted by atomic mass is 9.98. The van der Waals surface area contributed by atoms with Gasteiger partial charge in [-0.05, 0) is 23.8 Å². The van der Waals surface area contributed by atoms with E-state index in [1.807, 2.05) is 0 Å². The van der Waals surface area contributed by atoms with E-state index in [1.54, 1.807) is 4.90 Å². The first-order valence-corrected chi connectivity index (χ1v) is 6.99. The molecule has 1 fully saturated rings. The Hall–Kier alpha value is -1.54. The SMILES string of the molecule is C=C[C@@H](c1cc(C(F)(F)F)cc(C(F)(F)F)c1)N1CCNCC1. The molecule has 2 nitrogen and oxygen atoms in total. The van der Waals surface area contributed by atoms with Crippen LogP contribution in [0.3, 0.4) is 0 Å². The maximum atomic E-state index is 12.9. The van der Waals surface area contributed by atoms with E-state index in [-0.39, 0.29) is 11.6 Å². The summed E-state index contributed by atoms with van der Waals surface area (Å²) in [4.78, 5) is 1.80. The summed E-state index contributed by atoms with van der Waals surface area (Å²) in [6.07, 6.45) is -8.31. The van der Waals surface area contributed by atoms with Crippen LogP contribution >= 0.6 is 0 Å². The summed E-state index contributed by atoms with van der Waals surface area (Å²) < 4.78 is 77.6. The highest BCUT2D eigenvalue weighted by atomic mass is 19.4. The van der Waals surface area contributed by atoms with Gasteiger partial charge in [-0.25, -0.2) is 0 Å². The Morgan fingerprint density at radius 3 is 1.83 bits per heavy atom. The molecule has 0 aromatic heterocycles. The second-order valence-corrected chi connectivity index (χ2v) is 5.31. The fraction of sp³-hybridized carbons (Fsp3) is 0.467. The molecule has 1 aromatic carbocycles. The summed E-state index contributed by atoms with van der Waals surface area (Å²) in [6, 6.07) is 0.981. The summed E-state index contributed by atoms with van der Waals surface area (Å²) in [7, 11) is 0. The highest BCUT2D eigenvalue weighted by Crippen LogP contribution is 2.38. The van der Waals surface area contributed by atoms with Gasteiger partial charge in [0.1, 0.15) is 0 Å². The fourth-order valence-corrected chi connectivity index (χ4v) is 2.61. The molecule has 23 heavy (non-hydrogen) atoms. The Labute approximate surface area is 129 Å². The van der Waals surface area contributed by atoms with Gasteiger partial charge >= 0.3 is 12.4 Å². The van der Waals surface area contributed by atoms with Crippen molar-refractivity contribution in [3.8, 4) is 0 Å². The molecule has 0 amide bonds. The Kier molecular flexibility index (Phi) is 5.05. The molecule has 1 aromatic rings. The van der Waals surface area contributed by atoms with E-state index in [0.29, 0.717) is 26.2 Å². The van der Waals surface area contributed by atoms with Crippen LogP contribution in [0.5, 0.6) is 0 Å². The summed E-state index contributed by atoms with van der Waals surface area (Å²) in [6.45, 7) is 5.86. The van der Waals surface area contributed by atoms with Crippen molar-refractivity contribution >= 4 is 0 Å². The van der Waals surface area contributed by atoms with E-state index in [4.69, 9.17) is 0 Å². The second kappa shape index (κ2) is 6.52. The molecule has 1 heterocycles. The number of alkyl halides is 6. The predicted octanol–water partition coefficient (Wildman–Crippen LogP) is 3.86. The van der Waals surface area contributed by atoms with Crippen LogP contribution in [-0.4, -0.2) is 31.1 Å². The van der Waals surface area contributed by atoms with Gasteiger partial charge in [-0.2, -0.15) is 26.3 Å². The van der Waals surface area contributed by atoms with E-state index < -0.39 is 29.5 Å². The first-order chi connectivity index (χ1) is 10.6. The highest BCUT2D eigenvalue weighted by Gasteiger charge is 2.37. The summed E-state index contributed by atoms with van der Waals surface area (Å²) in [5.74, 6) is 0. The Morgan fingerprint density at radius 1 is 0.957 bits per heavy atom. The van der Waals surface area contributed by atoms with Gasteiger partial charge in [-0.15, -0.1) is 6.58 Å². The number of halogens is 6. The molecule has 1 saturated heterocycles. The number of benzene rings is 1. The first kappa shape index (κ1) is 17.8. The molecule has 1 aliphatic heterocycles. The molecule has 128 valence electrons. The van der Waals surface area contributed by atoms with Crippen LogP contribution < -0.4 is 5.32 Å². The van der Waals surface area contributed by atoms with Gasteiger partial charge in [0, 0.05) is 26.2 Å². The van der Waals surface area contributed by atoms with E-state index in [1.165, 1.54) is 6.08 Å². The second-order valence-electron chi connectivity index (χ2n) is 5.31. The average Bonchev–Trinajstić information content (AvgIpc) is 2.47. The Morgan fingerprint density at radius 2 is 1.43 bits per heavy atom. The molecule has 1 atom stereocenters. The third kappa shape index (κ3) is 4.26. The van der Waals surface area contributed by atoms with Gasteiger partial charge in [-0.1, -0.05) is 6.08 Å². The zero-order valence-electron chi connectivity index (χ0n) is 12.1. The minimum Gasteiger partial charge on any atom is -0.314 e. The normalized spacial score (nSPS) is 18.7. The third-order valence-electron chi connectivity index (χ3n) is 3.72. The molecule has 0 bridgehead atoms. The molecular weight excluding hydrogens is 322 g/mol. The maximum Gasteiger partial charge on any atom is 0.416 e. The molecule has 0 aliphatic carbocycles. The van der Waals surface area contributed by atoms with E-state index in [0.717, 1.165) is 12.1 Å². The van der Waals surface area contributed by atoms with Crippen molar-refractivity contribution < 1.29 is 26.3 Å². The van der Waals surface area contributed by atoms with Crippen LogP contribution in [0.15, 0.2) is 30.9 Å². The standard InChI is InChI=1S/C15H16F6N2/c1-2-13(23-5-3-22-4-6-23)10-7-11(14(16,17)18)9-12(8-10)15(19,20)21/h2,7-9,13,22H,1,3-6H2/t13-/m0/s1. The lowest BCUT2D eigenvalue weighted by Gasteiger charge is -2.34. The van der Waals surface area contributed by atoms with Crippen LogP contribution in [0, 0.1) is 0 Å². The molecule has 0 radical (unpaired) electrons. The minimum absolute atomic E-state index is 0.0518. The van der Waals surface area contributed by atoms with Crippen LogP contribution in [-0.2, 0) is 12.4 Å². The molecular formula is C15H16F6N2. The lowest BCUT2D eigenvalue weighted by molar-refractivity contribution is -0.143. The Bertz CT molecular complexity index is 526. The molecule has 0 saturated carbocycles. The largest absolute Gasteiger partial charge is 0.416 e. The topological polar surface area (TPSA) is 15.3 Å². The van der Waals surface area contributed by atoms with Crippen molar-refractivity contribution in [2.24, 2.45) is 0 Å². The number of nitrogens with one attached hydrogen (secondary N) is 1. The van der Waals surface area contributed by atoms with Gasteiger partial charge in [-0.3, -0.25) is 4.90 Å². The molecule has 0 unspecified atom stereocenters. The number of hydrogen-bond donors (Lipinski definition) is 1. The van der Waals surface area contributed by atoms with Crippen molar-refractivity contribution in [2.75, 3.05) is 26.2 Å². The summed E-state index contributed by atoms with van der Waals surface area (Å²) in [5.41, 5.74) is -2.65. The van der Waals surface area contributed by atoms with Crippen LogP contribution in [0.25, 0.3) is 0 Å². The summed E-state index contributed by atoms with van der Waals surface area (Å²) >= 11 is 0. The van der Waals surface area contributed by atoms with Gasteiger partial charge in [0.25, 0.3) is 0 Å². The average molecular weight is 338 g/mol. The number of rotatable bonds is 3. The molecule has 2 rings (SSSR count). The highest BCUT2D eigenvalue weighted by molar-refractivity contribution is 5.36. The number of nitrogens with zero attached hydrogens (tertiary/aromatic N) is 1. The number of piperazine rings is 1. The smallest absolute Gasteiger partial charge is 0.314 e. The Balaban J connectivity index is 2.48. The van der Waals surface area contributed by atoms with Crippen molar-refractivity contribution in [1.82, 2.24) is 10.2 Å². The predicted molar refractivity (Wildman–Crippen MR) is 73.8 cm³/mol. The van der Waals surface area contributed by atoms with Gasteiger partial charge in [0.15, 0.2) is 0 Å². The van der Waals surface area contributed by atoms with Crippen molar-refractivity contribution in [3.05, 3.63) is 47.5 Å². The quantitative estimate of drug-likeness (QED) is 0.665. The van der Waals surface area contributed by atoms with E-state index in [2.05, 4.69) is 11.9 Å². The van der Waals surface area contributed by atoms with Crippen LogP contribution in [0.2, 0.25) is 0 Å². The molecule has 1 N–H and O–H groups in total. The third-order valence-corrected chi connectivity index (χ3v) is 3.72. The zero-order chi connectivity index (χ0) is 17.3. The zero-order valence-corrected chi connectivity index (χ0v) is 12.1.